The third-order valence-corrected chi connectivity index (χ3v) is 2.87. The van der Waals surface area contributed by atoms with Crippen LogP contribution in [0.5, 0.6) is 0 Å². The van der Waals surface area contributed by atoms with Crippen LogP contribution in [0.2, 0.25) is 0 Å². The molecule has 74 valence electrons. The van der Waals surface area contributed by atoms with Crippen LogP contribution in [0, 0.1) is 0 Å². The third-order valence-electron chi connectivity index (χ3n) is 2.87. The third kappa shape index (κ3) is 1.14. The average Bonchev–Trinajstić information content (AvgIpc) is 2.15. The van der Waals surface area contributed by atoms with Crippen molar-refractivity contribution < 1.29 is 9.90 Å². The van der Waals surface area contributed by atoms with Gasteiger partial charge in [0.2, 0.25) is 0 Å². The van der Waals surface area contributed by atoms with Crippen LogP contribution in [0.25, 0.3) is 0 Å². The highest BCUT2D eigenvalue weighted by Crippen LogP contribution is 2.38. The Balaban J connectivity index is 2.30. The van der Waals surface area contributed by atoms with Crippen molar-refractivity contribution in [1.82, 2.24) is 9.88 Å². The molecule has 0 aliphatic carbocycles. The highest BCUT2D eigenvalue weighted by Gasteiger charge is 2.45. The highest BCUT2D eigenvalue weighted by atomic mass is 16.4. The molecule has 1 amide bonds. The largest absolute Gasteiger partial charge is 0.465 e. The molecule has 0 bridgehead atoms. The Labute approximate surface area is 82.2 Å². The number of amides is 1. The van der Waals surface area contributed by atoms with Gasteiger partial charge >= 0.3 is 6.09 Å². The van der Waals surface area contributed by atoms with E-state index in [-0.39, 0.29) is 0 Å². The smallest absolute Gasteiger partial charge is 0.408 e. The zero-order valence-corrected chi connectivity index (χ0v) is 7.97. The lowest BCUT2D eigenvalue weighted by Crippen LogP contribution is -2.57. The van der Waals surface area contributed by atoms with E-state index in [4.69, 9.17) is 5.11 Å². The maximum atomic E-state index is 10.9. The minimum Gasteiger partial charge on any atom is -0.465 e. The van der Waals surface area contributed by atoms with E-state index in [1.54, 1.807) is 6.20 Å². The lowest BCUT2D eigenvalue weighted by Gasteiger charge is -2.48. The van der Waals surface area contributed by atoms with Crippen molar-refractivity contribution in [2.75, 3.05) is 6.54 Å². The first-order valence-corrected chi connectivity index (χ1v) is 4.57. The Bertz CT molecular complexity index is 352. The molecule has 1 aromatic heterocycles. The van der Waals surface area contributed by atoms with Gasteiger partial charge in [-0.2, -0.15) is 0 Å². The van der Waals surface area contributed by atoms with Crippen LogP contribution in [0.15, 0.2) is 24.4 Å². The molecular weight excluding hydrogens is 180 g/mol. The summed E-state index contributed by atoms with van der Waals surface area (Å²) in [5.74, 6) is 0. The second kappa shape index (κ2) is 2.97. The number of hydrogen-bond donors (Lipinski definition) is 1. The zero-order chi connectivity index (χ0) is 10.2. The predicted octanol–water partition coefficient (Wildman–Crippen LogP) is 1.68. The Morgan fingerprint density at radius 2 is 2.43 bits per heavy atom. The fourth-order valence-electron chi connectivity index (χ4n) is 1.81. The Hall–Kier alpha value is -1.58. The van der Waals surface area contributed by atoms with Crippen LogP contribution < -0.4 is 0 Å². The summed E-state index contributed by atoms with van der Waals surface area (Å²) in [5, 5.41) is 8.93. The fourth-order valence-corrected chi connectivity index (χ4v) is 1.81. The van der Waals surface area contributed by atoms with E-state index in [1.807, 2.05) is 25.1 Å². The second-order valence-electron chi connectivity index (χ2n) is 3.67. The molecule has 0 saturated carbocycles. The van der Waals surface area contributed by atoms with Crippen molar-refractivity contribution >= 4 is 6.09 Å². The minimum absolute atomic E-state index is 0.424. The molecule has 0 radical (unpaired) electrons. The highest BCUT2D eigenvalue weighted by molar-refractivity contribution is 5.67. The average molecular weight is 192 g/mol. The molecule has 1 aliphatic rings. The van der Waals surface area contributed by atoms with Crippen LogP contribution in [0.4, 0.5) is 4.79 Å². The number of nitrogens with zero attached hydrogens (tertiary/aromatic N) is 2. The summed E-state index contributed by atoms with van der Waals surface area (Å²) < 4.78 is 0. The maximum Gasteiger partial charge on any atom is 0.408 e. The number of hydrogen-bond acceptors (Lipinski definition) is 2. The molecule has 1 N–H and O–H groups in total. The van der Waals surface area contributed by atoms with Gasteiger partial charge in [-0.1, -0.05) is 6.07 Å². The molecule has 0 spiro atoms. The van der Waals surface area contributed by atoms with Crippen molar-refractivity contribution in [3.63, 3.8) is 0 Å². The van der Waals surface area contributed by atoms with E-state index < -0.39 is 11.6 Å². The Morgan fingerprint density at radius 1 is 1.64 bits per heavy atom. The van der Waals surface area contributed by atoms with Crippen molar-refractivity contribution in [2.24, 2.45) is 0 Å². The Kier molecular flexibility index (Phi) is 1.91. The molecule has 2 rings (SSSR count). The molecule has 1 saturated heterocycles. The molecular formula is C10H12N2O2. The van der Waals surface area contributed by atoms with Gasteiger partial charge in [0.15, 0.2) is 0 Å². The normalized spacial score (nSPS) is 25.6. The van der Waals surface area contributed by atoms with Crippen LogP contribution in [-0.2, 0) is 5.54 Å². The molecule has 0 aromatic carbocycles. The zero-order valence-electron chi connectivity index (χ0n) is 7.97. The SMILES string of the molecule is CC1(c2ccccn2)CCN1C(=O)O. The summed E-state index contributed by atoms with van der Waals surface area (Å²) in [6, 6.07) is 5.58. The summed E-state index contributed by atoms with van der Waals surface area (Å²) >= 11 is 0. The van der Waals surface area contributed by atoms with Crippen molar-refractivity contribution in [2.45, 2.75) is 18.9 Å². The first-order valence-electron chi connectivity index (χ1n) is 4.57. The number of carboxylic acid groups (broad SMARTS) is 1. The van der Waals surface area contributed by atoms with E-state index in [9.17, 15) is 4.79 Å². The van der Waals surface area contributed by atoms with Crippen LogP contribution >= 0.6 is 0 Å². The van der Waals surface area contributed by atoms with E-state index in [2.05, 4.69) is 4.98 Å². The van der Waals surface area contributed by atoms with E-state index >= 15 is 0 Å². The topological polar surface area (TPSA) is 53.4 Å². The van der Waals surface area contributed by atoms with Crippen molar-refractivity contribution in [3.8, 4) is 0 Å². The Morgan fingerprint density at radius 3 is 2.86 bits per heavy atom. The molecule has 4 nitrogen and oxygen atoms in total. The van der Waals surface area contributed by atoms with Gasteiger partial charge in [-0.05, 0) is 25.5 Å². The molecule has 1 fully saturated rings. The molecule has 1 unspecified atom stereocenters. The van der Waals surface area contributed by atoms with Crippen LogP contribution in [-0.4, -0.2) is 27.6 Å². The second-order valence-corrected chi connectivity index (χ2v) is 3.67. The summed E-state index contributed by atoms with van der Waals surface area (Å²) in [6.45, 7) is 2.51. The maximum absolute atomic E-state index is 10.9. The number of rotatable bonds is 1. The van der Waals surface area contributed by atoms with Crippen molar-refractivity contribution in [3.05, 3.63) is 30.1 Å². The first kappa shape index (κ1) is 8.99. The van der Waals surface area contributed by atoms with Crippen LogP contribution in [0.3, 0.4) is 0 Å². The van der Waals surface area contributed by atoms with Gasteiger partial charge in [-0.25, -0.2) is 4.79 Å². The van der Waals surface area contributed by atoms with Crippen LogP contribution in [0.1, 0.15) is 19.0 Å². The lowest BCUT2D eigenvalue weighted by molar-refractivity contribution is 0.00660. The summed E-state index contributed by atoms with van der Waals surface area (Å²) in [4.78, 5) is 16.5. The number of carbonyl (C=O) groups is 1. The first-order chi connectivity index (χ1) is 6.64. The van der Waals surface area contributed by atoms with Gasteiger partial charge in [0.05, 0.1) is 11.2 Å². The molecule has 4 heteroatoms. The number of pyridine rings is 1. The fraction of sp³-hybridized carbons (Fsp3) is 0.400. The lowest BCUT2D eigenvalue weighted by atomic mass is 9.83. The molecule has 1 aromatic rings. The van der Waals surface area contributed by atoms with Gasteiger partial charge < -0.3 is 5.11 Å². The molecule has 1 atom stereocenters. The number of likely N-dealkylation sites (tertiary alicyclic amines) is 1. The summed E-state index contributed by atoms with van der Waals surface area (Å²) in [5.41, 5.74) is 0.404. The van der Waals surface area contributed by atoms with E-state index in [0.29, 0.717) is 6.54 Å². The van der Waals surface area contributed by atoms with Gasteiger partial charge in [0, 0.05) is 12.7 Å². The van der Waals surface area contributed by atoms with Gasteiger partial charge in [0.25, 0.3) is 0 Å². The van der Waals surface area contributed by atoms with Gasteiger partial charge in [-0.15, -0.1) is 0 Å². The molecule has 14 heavy (non-hydrogen) atoms. The van der Waals surface area contributed by atoms with Gasteiger partial charge in [0.1, 0.15) is 0 Å². The van der Waals surface area contributed by atoms with Gasteiger partial charge in [-0.3, -0.25) is 9.88 Å². The van der Waals surface area contributed by atoms with E-state index in [0.717, 1.165) is 12.1 Å². The summed E-state index contributed by atoms with van der Waals surface area (Å²) in [6.07, 6.45) is 1.67. The van der Waals surface area contributed by atoms with E-state index in [1.165, 1.54) is 4.90 Å². The molecule has 2 heterocycles. The quantitative estimate of drug-likeness (QED) is 0.736. The summed E-state index contributed by atoms with van der Waals surface area (Å²) in [7, 11) is 0. The standard InChI is InChI=1S/C10H12N2O2/c1-10(5-7-12(10)9(13)14)8-4-2-3-6-11-8/h2-4,6H,5,7H2,1H3,(H,13,14). The monoisotopic (exact) mass is 192 g/mol. The molecule has 1 aliphatic heterocycles. The minimum atomic E-state index is -0.871. The van der Waals surface area contributed by atoms with Crippen molar-refractivity contribution in [1.29, 1.82) is 0 Å². The predicted molar refractivity (Wildman–Crippen MR) is 50.9 cm³/mol. The number of aromatic nitrogens is 1.